The Labute approximate surface area is 101 Å². The largest absolute Gasteiger partial charge is 0.314 e. The highest BCUT2D eigenvalue weighted by atomic mass is 35.5. The van der Waals surface area contributed by atoms with Gasteiger partial charge in [-0.1, -0.05) is 32.4 Å². The smallest absolute Gasteiger partial charge is 0.0931 e. The molecule has 3 heteroatoms. The van der Waals surface area contributed by atoms with Crippen molar-refractivity contribution in [3.63, 3.8) is 0 Å². The highest BCUT2D eigenvalue weighted by Crippen LogP contribution is 2.55. The van der Waals surface area contributed by atoms with Crippen molar-refractivity contribution in [3.8, 4) is 0 Å². The molecular formula is C12H18ClNS. The molecule has 0 amide bonds. The van der Waals surface area contributed by atoms with Gasteiger partial charge < -0.3 is 5.32 Å². The Balaban J connectivity index is 1.95. The zero-order chi connectivity index (χ0) is 11.1. The van der Waals surface area contributed by atoms with Gasteiger partial charge in [-0.25, -0.2) is 0 Å². The summed E-state index contributed by atoms with van der Waals surface area (Å²) in [6.07, 6.45) is 1.30. The van der Waals surface area contributed by atoms with Gasteiger partial charge >= 0.3 is 0 Å². The van der Waals surface area contributed by atoms with Gasteiger partial charge in [0.15, 0.2) is 0 Å². The van der Waals surface area contributed by atoms with Gasteiger partial charge in [0, 0.05) is 16.3 Å². The number of halogens is 1. The Morgan fingerprint density at radius 1 is 1.60 bits per heavy atom. The second kappa shape index (κ2) is 4.08. The molecule has 0 spiro atoms. The highest BCUT2D eigenvalue weighted by Gasteiger charge is 2.51. The van der Waals surface area contributed by atoms with E-state index in [0.29, 0.717) is 11.5 Å². The number of nitrogens with one attached hydrogen (secondary N) is 1. The van der Waals surface area contributed by atoms with Gasteiger partial charge in [-0.3, -0.25) is 0 Å². The molecule has 1 N–H and O–H groups in total. The van der Waals surface area contributed by atoms with Gasteiger partial charge in [0.25, 0.3) is 0 Å². The number of hydrogen-bond donors (Lipinski definition) is 1. The molecule has 2 unspecified atom stereocenters. The first-order valence-corrected chi connectivity index (χ1v) is 6.71. The van der Waals surface area contributed by atoms with E-state index in [-0.39, 0.29) is 0 Å². The van der Waals surface area contributed by atoms with Crippen molar-refractivity contribution in [2.24, 2.45) is 5.92 Å². The summed E-state index contributed by atoms with van der Waals surface area (Å²) in [6.45, 7) is 7.87. The molecule has 0 saturated heterocycles. The lowest BCUT2D eigenvalue weighted by Gasteiger charge is -2.11. The molecule has 0 bridgehead atoms. The van der Waals surface area contributed by atoms with Crippen molar-refractivity contribution in [3.05, 3.63) is 21.3 Å². The van der Waals surface area contributed by atoms with Crippen LogP contribution < -0.4 is 5.32 Å². The van der Waals surface area contributed by atoms with Crippen LogP contribution in [0.25, 0.3) is 0 Å². The number of rotatable bonds is 4. The lowest BCUT2D eigenvalue weighted by atomic mass is 10.0. The van der Waals surface area contributed by atoms with Crippen molar-refractivity contribution < 1.29 is 0 Å². The first-order chi connectivity index (χ1) is 7.02. The maximum Gasteiger partial charge on any atom is 0.0931 e. The third-order valence-corrected chi connectivity index (χ3v) is 4.83. The zero-order valence-electron chi connectivity index (χ0n) is 9.51. The van der Waals surface area contributed by atoms with Crippen LogP contribution in [-0.4, -0.2) is 12.6 Å². The van der Waals surface area contributed by atoms with Crippen molar-refractivity contribution in [2.75, 3.05) is 6.54 Å². The highest BCUT2D eigenvalue weighted by molar-refractivity contribution is 7.16. The van der Waals surface area contributed by atoms with Crippen molar-refractivity contribution >= 4 is 22.9 Å². The molecule has 1 aromatic rings. The number of hydrogen-bond acceptors (Lipinski definition) is 2. The van der Waals surface area contributed by atoms with Crippen molar-refractivity contribution in [2.45, 2.75) is 38.6 Å². The van der Waals surface area contributed by atoms with Gasteiger partial charge in [0.1, 0.15) is 0 Å². The molecular weight excluding hydrogens is 226 g/mol. The normalized spacial score (nSPS) is 29.8. The van der Waals surface area contributed by atoms with Gasteiger partial charge in [-0.05, 0) is 31.0 Å². The van der Waals surface area contributed by atoms with E-state index in [1.165, 1.54) is 11.3 Å². The molecule has 1 nitrogen and oxygen atoms in total. The number of thiophene rings is 1. The molecule has 1 heterocycles. The van der Waals surface area contributed by atoms with Gasteiger partial charge in [0.2, 0.25) is 0 Å². The average molecular weight is 244 g/mol. The SMILES string of the molecule is CC(C)NCC1CC1(C)c1ccc(Cl)s1. The molecule has 0 aliphatic heterocycles. The van der Waals surface area contributed by atoms with Gasteiger partial charge in [0.05, 0.1) is 4.34 Å². The minimum atomic E-state index is 0.389. The predicted octanol–water partition coefficient (Wildman–Crippen LogP) is 3.68. The molecule has 15 heavy (non-hydrogen) atoms. The van der Waals surface area contributed by atoms with E-state index in [1.54, 1.807) is 11.3 Å². The van der Waals surface area contributed by atoms with E-state index in [1.807, 2.05) is 6.07 Å². The molecule has 2 rings (SSSR count). The van der Waals surface area contributed by atoms with E-state index >= 15 is 0 Å². The van der Waals surface area contributed by atoms with E-state index < -0.39 is 0 Å². The summed E-state index contributed by atoms with van der Waals surface area (Å²) in [5, 5.41) is 3.51. The Hall–Kier alpha value is -0.0500. The fraction of sp³-hybridized carbons (Fsp3) is 0.667. The maximum atomic E-state index is 5.97. The summed E-state index contributed by atoms with van der Waals surface area (Å²) in [7, 11) is 0. The maximum absolute atomic E-state index is 5.97. The van der Waals surface area contributed by atoms with Crippen molar-refractivity contribution in [1.82, 2.24) is 5.32 Å². The van der Waals surface area contributed by atoms with Gasteiger partial charge in [-0.15, -0.1) is 11.3 Å². The Morgan fingerprint density at radius 2 is 2.33 bits per heavy atom. The van der Waals surface area contributed by atoms with E-state index in [9.17, 15) is 0 Å². The average Bonchev–Trinajstić information content (AvgIpc) is 2.60. The van der Waals surface area contributed by atoms with Crippen molar-refractivity contribution in [1.29, 1.82) is 0 Å². The monoisotopic (exact) mass is 243 g/mol. The van der Waals surface area contributed by atoms with Crippen LogP contribution >= 0.6 is 22.9 Å². The first-order valence-electron chi connectivity index (χ1n) is 5.51. The van der Waals surface area contributed by atoms with E-state index in [4.69, 9.17) is 11.6 Å². The van der Waals surface area contributed by atoms with Crippen LogP contribution in [0, 0.1) is 5.92 Å². The minimum absolute atomic E-state index is 0.389. The zero-order valence-corrected chi connectivity index (χ0v) is 11.1. The Kier molecular flexibility index (Phi) is 3.11. The first kappa shape index (κ1) is 11.4. The molecule has 1 aromatic heterocycles. The van der Waals surface area contributed by atoms with Crippen LogP contribution in [-0.2, 0) is 5.41 Å². The molecule has 1 aliphatic rings. The molecule has 0 radical (unpaired) electrons. The summed E-state index contributed by atoms with van der Waals surface area (Å²) < 4.78 is 0.911. The molecule has 1 fully saturated rings. The molecule has 1 aliphatic carbocycles. The summed E-state index contributed by atoms with van der Waals surface area (Å²) in [6, 6.07) is 4.78. The third-order valence-electron chi connectivity index (χ3n) is 3.32. The standard InChI is InChI=1S/C12H18ClNS/c1-8(2)14-7-9-6-12(9,3)10-4-5-11(13)15-10/h4-5,8-9,14H,6-7H2,1-3H3. The van der Waals surface area contributed by atoms with E-state index in [2.05, 4.69) is 32.2 Å². The fourth-order valence-electron chi connectivity index (χ4n) is 2.05. The summed E-state index contributed by atoms with van der Waals surface area (Å²) in [5.74, 6) is 0.787. The Bertz CT molecular complexity index is 347. The second-order valence-electron chi connectivity index (χ2n) is 4.99. The van der Waals surface area contributed by atoms with Crippen LogP contribution in [0.15, 0.2) is 12.1 Å². The Morgan fingerprint density at radius 3 is 2.87 bits per heavy atom. The van der Waals surface area contributed by atoms with E-state index in [0.717, 1.165) is 16.8 Å². The molecule has 2 atom stereocenters. The summed E-state index contributed by atoms with van der Waals surface area (Å²) >= 11 is 7.71. The molecule has 1 saturated carbocycles. The molecule has 0 aromatic carbocycles. The summed E-state index contributed by atoms with van der Waals surface area (Å²) in [5.41, 5.74) is 0.389. The summed E-state index contributed by atoms with van der Waals surface area (Å²) in [4.78, 5) is 1.45. The topological polar surface area (TPSA) is 12.0 Å². The quantitative estimate of drug-likeness (QED) is 0.851. The predicted molar refractivity (Wildman–Crippen MR) is 67.9 cm³/mol. The van der Waals surface area contributed by atoms with Crippen LogP contribution in [0.5, 0.6) is 0 Å². The minimum Gasteiger partial charge on any atom is -0.314 e. The molecule has 84 valence electrons. The van der Waals surface area contributed by atoms with Crippen LogP contribution in [0.3, 0.4) is 0 Å². The van der Waals surface area contributed by atoms with Crippen LogP contribution in [0.2, 0.25) is 4.34 Å². The fourth-order valence-corrected chi connectivity index (χ4v) is 3.33. The second-order valence-corrected chi connectivity index (χ2v) is 6.70. The van der Waals surface area contributed by atoms with Crippen LogP contribution in [0.1, 0.15) is 32.1 Å². The third kappa shape index (κ3) is 2.38. The lowest BCUT2D eigenvalue weighted by molar-refractivity contribution is 0.530. The lowest BCUT2D eigenvalue weighted by Crippen LogP contribution is -2.26. The van der Waals surface area contributed by atoms with Crippen LogP contribution in [0.4, 0.5) is 0 Å². The van der Waals surface area contributed by atoms with Gasteiger partial charge in [-0.2, -0.15) is 0 Å².